The van der Waals surface area contributed by atoms with Crippen molar-refractivity contribution in [3.05, 3.63) is 0 Å². The van der Waals surface area contributed by atoms with E-state index in [9.17, 15) is 5.26 Å². The normalized spacial score (nSPS) is 17.4. The van der Waals surface area contributed by atoms with Crippen LogP contribution in [0.25, 0.3) is 0 Å². The van der Waals surface area contributed by atoms with Crippen LogP contribution in [-0.2, 0) is 0 Å². The molecule has 0 rings (SSSR count). The van der Waals surface area contributed by atoms with Crippen LogP contribution < -0.4 is 0 Å². The fourth-order valence-electron chi connectivity index (χ4n) is 2.62. The molecule has 0 aromatic carbocycles. The molecule has 0 spiro atoms. The Labute approximate surface area is 115 Å². The van der Waals surface area contributed by atoms with Crippen molar-refractivity contribution in [3.63, 3.8) is 0 Å². The van der Waals surface area contributed by atoms with Gasteiger partial charge >= 0.3 is 0 Å². The van der Waals surface area contributed by atoms with Crippen molar-refractivity contribution >= 4 is 0 Å². The molecule has 0 radical (unpaired) electrons. The van der Waals surface area contributed by atoms with Crippen LogP contribution in [0.4, 0.5) is 0 Å². The average Bonchev–Trinajstić information content (AvgIpc) is 2.12. The van der Waals surface area contributed by atoms with Gasteiger partial charge in [0.25, 0.3) is 0 Å². The molecule has 1 atom stereocenters. The van der Waals surface area contributed by atoms with Crippen molar-refractivity contribution in [2.45, 2.75) is 75.7 Å². The highest BCUT2D eigenvalue weighted by atomic mass is 14.5. The van der Waals surface area contributed by atoms with E-state index in [-0.39, 0.29) is 21.7 Å². The van der Waals surface area contributed by atoms with E-state index in [2.05, 4.69) is 75.3 Å². The largest absolute Gasteiger partial charge is 0.198 e. The summed E-state index contributed by atoms with van der Waals surface area (Å²) in [6.45, 7) is 22.5. The van der Waals surface area contributed by atoms with Gasteiger partial charge in [-0.1, -0.05) is 62.3 Å². The maximum atomic E-state index is 9.64. The third-order valence-electron chi connectivity index (χ3n) is 5.71. The first-order valence-corrected chi connectivity index (χ1v) is 7.12. The number of rotatable bonds is 4. The van der Waals surface area contributed by atoms with Crippen molar-refractivity contribution in [1.82, 2.24) is 0 Å². The van der Waals surface area contributed by atoms with Gasteiger partial charge in [0.1, 0.15) is 0 Å². The molecular weight excluding hydrogens is 218 g/mol. The van der Waals surface area contributed by atoms with Gasteiger partial charge in [-0.15, -0.1) is 0 Å². The topological polar surface area (TPSA) is 23.8 Å². The van der Waals surface area contributed by atoms with Crippen LogP contribution in [0.1, 0.15) is 75.7 Å². The van der Waals surface area contributed by atoms with Gasteiger partial charge in [-0.05, 0) is 35.5 Å². The van der Waals surface area contributed by atoms with Crippen molar-refractivity contribution in [3.8, 4) is 6.07 Å². The van der Waals surface area contributed by atoms with Crippen LogP contribution in [0.5, 0.6) is 0 Å². The van der Waals surface area contributed by atoms with Crippen LogP contribution in [-0.4, -0.2) is 0 Å². The second-order valence-electron chi connectivity index (χ2n) is 8.66. The van der Waals surface area contributed by atoms with E-state index in [1.807, 2.05) is 0 Å². The number of nitrogens with zero attached hydrogens (tertiary/aromatic N) is 1. The Morgan fingerprint density at radius 2 is 1.22 bits per heavy atom. The molecule has 0 aliphatic carbocycles. The first kappa shape index (κ1) is 17.5. The van der Waals surface area contributed by atoms with E-state index in [1.54, 1.807) is 0 Å². The fraction of sp³-hybridized carbons (Fsp3) is 0.941. The lowest BCUT2D eigenvalue weighted by Gasteiger charge is -2.50. The highest BCUT2D eigenvalue weighted by Crippen LogP contribution is 2.54. The van der Waals surface area contributed by atoms with Crippen LogP contribution in [0, 0.1) is 38.9 Å². The lowest BCUT2D eigenvalue weighted by atomic mass is 9.53. The maximum Gasteiger partial charge on any atom is 0.0695 e. The summed E-state index contributed by atoms with van der Waals surface area (Å²) in [5.41, 5.74) is 0.184. The highest BCUT2D eigenvalue weighted by molar-refractivity contribution is 5.08. The smallest absolute Gasteiger partial charge is 0.0695 e. The molecule has 0 saturated heterocycles. The molecule has 0 amide bonds. The molecule has 1 nitrogen and oxygen atoms in total. The molecule has 0 N–H and O–H groups in total. The Bertz CT molecular complexity index is 322. The summed E-state index contributed by atoms with van der Waals surface area (Å²) >= 11 is 0. The minimum Gasteiger partial charge on any atom is -0.198 e. The van der Waals surface area contributed by atoms with E-state index in [0.29, 0.717) is 5.92 Å². The van der Waals surface area contributed by atoms with Crippen LogP contribution >= 0.6 is 0 Å². The summed E-state index contributed by atoms with van der Waals surface area (Å²) in [5.74, 6) is 0.369. The molecule has 1 heteroatoms. The van der Waals surface area contributed by atoms with E-state index < -0.39 is 0 Å². The number of hydrogen-bond donors (Lipinski definition) is 0. The molecule has 0 aromatic heterocycles. The average molecular weight is 251 g/mol. The second-order valence-corrected chi connectivity index (χ2v) is 8.66. The fourth-order valence-corrected chi connectivity index (χ4v) is 2.62. The summed E-state index contributed by atoms with van der Waals surface area (Å²) in [6.07, 6.45) is 1.06. The predicted molar refractivity (Wildman–Crippen MR) is 80.2 cm³/mol. The van der Waals surface area contributed by atoms with Crippen LogP contribution in [0.3, 0.4) is 0 Å². The Morgan fingerprint density at radius 3 is 1.44 bits per heavy atom. The summed E-state index contributed by atoms with van der Waals surface area (Å²) in [6, 6.07) is 2.59. The van der Waals surface area contributed by atoms with Gasteiger partial charge in [-0.2, -0.15) is 5.26 Å². The Hall–Kier alpha value is -0.510. The minimum absolute atomic E-state index is 0.00664. The standard InChI is InChI=1S/C17H33N/c1-13(2)17(10,12-18)16(8,9)11-15(6,7)14(3,4)5/h13H,11H2,1-10H3. The van der Waals surface area contributed by atoms with Crippen molar-refractivity contribution < 1.29 is 0 Å². The van der Waals surface area contributed by atoms with Gasteiger partial charge in [-0.3, -0.25) is 0 Å². The van der Waals surface area contributed by atoms with Crippen LogP contribution in [0.15, 0.2) is 0 Å². The van der Waals surface area contributed by atoms with Crippen LogP contribution in [0.2, 0.25) is 0 Å². The van der Waals surface area contributed by atoms with Gasteiger partial charge in [0.05, 0.1) is 11.5 Å². The number of nitriles is 1. The molecule has 0 heterocycles. The van der Waals surface area contributed by atoms with E-state index >= 15 is 0 Å². The first-order chi connectivity index (χ1) is 7.71. The SMILES string of the molecule is CC(C)C(C)(C#N)C(C)(C)CC(C)(C)C(C)(C)C. The number of hydrogen-bond acceptors (Lipinski definition) is 1. The quantitative estimate of drug-likeness (QED) is 0.632. The predicted octanol–water partition coefficient (Wildman–Crippen LogP) is 5.66. The Balaban J connectivity index is 5.38. The zero-order chi connectivity index (χ0) is 15.0. The second kappa shape index (κ2) is 4.87. The maximum absolute atomic E-state index is 9.64. The van der Waals surface area contributed by atoms with Gasteiger partial charge in [0, 0.05) is 0 Å². The lowest BCUT2D eigenvalue weighted by molar-refractivity contribution is -0.000518. The zero-order valence-electron chi connectivity index (χ0n) is 14.2. The molecule has 0 bridgehead atoms. The molecule has 0 aliphatic heterocycles. The zero-order valence-corrected chi connectivity index (χ0v) is 14.2. The summed E-state index contributed by atoms with van der Waals surface area (Å²) < 4.78 is 0. The lowest BCUT2D eigenvalue weighted by Crippen LogP contribution is -2.44. The van der Waals surface area contributed by atoms with Gasteiger partial charge < -0.3 is 0 Å². The van der Waals surface area contributed by atoms with E-state index in [1.165, 1.54) is 0 Å². The van der Waals surface area contributed by atoms with Crippen molar-refractivity contribution in [2.75, 3.05) is 0 Å². The van der Waals surface area contributed by atoms with E-state index in [4.69, 9.17) is 0 Å². The third-order valence-corrected chi connectivity index (χ3v) is 5.71. The summed E-state index contributed by atoms with van der Waals surface area (Å²) in [4.78, 5) is 0. The molecule has 106 valence electrons. The molecule has 0 aromatic rings. The molecule has 1 unspecified atom stereocenters. The molecule has 0 fully saturated rings. The summed E-state index contributed by atoms with van der Waals surface area (Å²) in [7, 11) is 0. The summed E-state index contributed by atoms with van der Waals surface area (Å²) in [5, 5.41) is 9.64. The molecular formula is C17H33N. The third kappa shape index (κ3) is 3.08. The van der Waals surface area contributed by atoms with Crippen molar-refractivity contribution in [2.24, 2.45) is 27.6 Å². The van der Waals surface area contributed by atoms with E-state index in [0.717, 1.165) is 6.42 Å². The van der Waals surface area contributed by atoms with Gasteiger partial charge in [0.15, 0.2) is 0 Å². The first-order valence-electron chi connectivity index (χ1n) is 7.12. The Morgan fingerprint density at radius 1 is 0.833 bits per heavy atom. The Kier molecular flexibility index (Phi) is 4.74. The molecule has 0 aliphatic rings. The molecule has 18 heavy (non-hydrogen) atoms. The highest BCUT2D eigenvalue weighted by Gasteiger charge is 2.48. The molecule has 0 saturated carbocycles. The van der Waals surface area contributed by atoms with Gasteiger partial charge in [0.2, 0.25) is 0 Å². The van der Waals surface area contributed by atoms with Crippen molar-refractivity contribution in [1.29, 1.82) is 5.26 Å². The monoisotopic (exact) mass is 251 g/mol. The van der Waals surface area contributed by atoms with Gasteiger partial charge in [-0.25, -0.2) is 0 Å². The minimum atomic E-state index is -0.282.